The maximum atomic E-state index is 12.8. The number of rotatable bonds is 3. The van der Waals surface area contributed by atoms with Crippen LogP contribution in [0.15, 0.2) is 36.8 Å². The van der Waals surface area contributed by atoms with Crippen LogP contribution in [0.25, 0.3) is 11.3 Å². The van der Waals surface area contributed by atoms with Crippen molar-refractivity contribution in [3.63, 3.8) is 0 Å². The van der Waals surface area contributed by atoms with Gasteiger partial charge in [-0.15, -0.1) is 0 Å². The van der Waals surface area contributed by atoms with Crippen molar-refractivity contribution in [2.75, 3.05) is 5.75 Å². The number of hydrogen-bond donors (Lipinski definition) is 0. The summed E-state index contributed by atoms with van der Waals surface area (Å²) in [7, 11) is -0.744. The van der Waals surface area contributed by atoms with Crippen LogP contribution in [0.1, 0.15) is 43.7 Å². The van der Waals surface area contributed by atoms with Gasteiger partial charge >= 0.3 is 0 Å². The number of imidazole rings is 1. The molecule has 0 amide bonds. The molecule has 2 aromatic rings. The zero-order valence-corrected chi connectivity index (χ0v) is 12.9. The lowest BCUT2D eigenvalue weighted by molar-refractivity contribution is 0.502. The fourth-order valence-electron chi connectivity index (χ4n) is 3.72. The van der Waals surface area contributed by atoms with Gasteiger partial charge < -0.3 is 4.57 Å². The molecule has 1 fully saturated rings. The number of benzene rings is 1. The van der Waals surface area contributed by atoms with E-state index in [4.69, 9.17) is 0 Å². The van der Waals surface area contributed by atoms with Crippen molar-refractivity contribution in [3.05, 3.63) is 42.4 Å². The van der Waals surface area contributed by atoms with Crippen LogP contribution in [0.4, 0.5) is 0 Å². The van der Waals surface area contributed by atoms with Gasteiger partial charge in [-0.25, -0.2) is 4.98 Å². The van der Waals surface area contributed by atoms with Crippen LogP contribution in [0.2, 0.25) is 0 Å². The molecule has 1 aromatic carbocycles. The molecule has 1 aliphatic heterocycles. The third-order valence-corrected chi connectivity index (χ3v) is 6.70. The van der Waals surface area contributed by atoms with Gasteiger partial charge in [-0.2, -0.15) is 0 Å². The Balaban J connectivity index is 1.62. The van der Waals surface area contributed by atoms with E-state index in [1.807, 2.05) is 12.5 Å². The molecule has 1 unspecified atom stereocenters. The lowest BCUT2D eigenvalue weighted by Gasteiger charge is -2.23. The second kappa shape index (κ2) is 5.41. The fraction of sp³-hybridized carbons (Fsp3) is 0.471. The highest BCUT2D eigenvalue weighted by molar-refractivity contribution is 7.85. The Morgan fingerprint density at radius 1 is 1.19 bits per heavy atom. The van der Waals surface area contributed by atoms with Gasteiger partial charge in [0.15, 0.2) is 0 Å². The van der Waals surface area contributed by atoms with Gasteiger partial charge in [0.05, 0.1) is 24.3 Å². The molecular weight excluding hydrogens is 280 g/mol. The zero-order valence-electron chi connectivity index (χ0n) is 12.1. The van der Waals surface area contributed by atoms with Crippen molar-refractivity contribution in [2.45, 2.75) is 43.4 Å². The third kappa shape index (κ3) is 2.26. The molecule has 4 heteroatoms. The van der Waals surface area contributed by atoms with Crippen LogP contribution in [0, 0.1) is 0 Å². The minimum atomic E-state index is -0.744. The van der Waals surface area contributed by atoms with Gasteiger partial charge in [0.1, 0.15) is 0 Å². The predicted molar refractivity (Wildman–Crippen MR) is 85.7 cm³/mol. The molecule has 0 N–H and O–H groups in total. The molecular formula is C17H20N2OS. The molecule has 0 bridgehead atoms. The minimum absolute atomic E-state index is 0.196. The van der Waals surface area contributed by atoms with Crippen LogP contribution in [0.5, 0.6) is 0 Å². The number of aromatic nitrogens is 2. The van der Waals surface area contributed by atoms with Gasteiger partial charge in [-0.3, -0.25) is 4.21 Å². The van der Waals surface area contributed by atoms with Crippen LogP contribution in [-0.2, 0) is 10.8 Å². The fourth-order valence-corrected chi connectivity index (χ4v) is 5.50. The molecule has 0 radical (unpaired) electrons. The van der Waals surface area contributed by atoms with E-state index in [-0.39, 0.29) is 6.04 Å². The summed E-state index contributed by atoms with van der Waals surface area (Å²) in [5.74, 6) is 0.727. The lowest BCUT2D eigenvalue weighted by atomic mass is 10.0. The maximum absolute atomic E-state index is 12.8. The smallest absolute Gasteiger partial charge is 0.0957 e. The molecule has 2 heterocycles. The summed E-state index contributed by atoms with van der Waals surface area (Å²) in [6.07, 6.45) is 9.88. The SMILES string of the molecule is O=S(C[C@H]1c2ccccc2-c2cncn21)C1CCCCC1. The molecule has 1 aromatic heterocycles. The van der Waals surface area contributed by atoms with Crippen LogP contribution in [0.3, 0.4) is 0 Å². The van der Waals surface area contributed by atoms with E-state index in [0.29, 0.717) is 5.25 Å². The Hall–Kier alpha value is -1.42. The maximum Gasteiger partial charge on any atom is 0.0957 e. The summed E-state index contributed by atoms with van der Waals surface area (Å²) in [4.78, 5) is 4.28. The molecule has 0 saturated heterocycles. The van der Waals surface area contributed by atoms with E-state index < -0.39 is 10.8 Å². The Morgan fingerprint density at radius 3 is 2.86 bits per heavy atom. The number of hydrogen-bond acceptors (Lipinski definition) is 2. The van der Waals surface area contributed by atoms with Crippen LogP contribution in [-0.4, -0.2) is 24.8 Å². The van der Waals surface area contributed by atoms with E-state index in [0.717, 1.165) is 24.3 Å². The molecule has 2 atom stereocenters. The summed E-state index contributed by atoms with van der Waals surface area (Å²) in [5.41, 5.74) is 3.72. The molecule has 0 spiro atoms. The van der Waals surface area contributed by atoms with E-state index >= 15 is 0 Å². The minimum Gasteiger partial charge on any atom is -0.322 e. The van der Waals surface area contributed by atoms with Gasteiger partial charge in [0, 0.05) is 27.4 Å². The van der Waals surface area contributed by atoms with Crippen LogP contribution < -0.4 is 0 Å². The molecule has 1 saturated carbocycles. The first-order valence-corrected chi connectivity index (χ1v) is 9.21. The van der Waals surface area contributed by atoms with Crippen molar-refractivity contribution >= 4 is 10.8 Å². The van der Waals surface area contributed by atoms with Gasteiger partial charge in [-0.05, 0) is 18.4 Å². The second-order valence-corrected chi connectivity index (χ2v) is 7.86. The Morgan fingerprint density at radius 2 is 2.00 bits per heavy atom. The zero-order chi connectivity index (χ0) is 14.2. The average molecular weight is 300 g/mol. The van der Waals surface area contributed by atoms with Crippen molar-refractivity contribution in [1.82, 2.24) is 9.55 Å². The van der Waals surface area contributed by atoms with Crippen molar-refractivity contribution < 1.29 is 4.21 Å². The number of nitrogens with zero attached hydrogens (tertiary/aromatic N) is 2. The quantitative estimate of drug-likeness (QED) is 0.869. The van der Waals surface area contributed by atoms with Crippen LogP contribution >= 0.6 is 0 Å². The van der Waals surface area contributed by atoms with E-state index in [1.165, 1.54) is 30.4 Å². The van der Waals surface area contributed by atoms with E-state index in [2.05, 4.69) is 33.8 Å². The molecule has 4 rings (SSSR count). The molecule has 110 valence electrons. The normalized spacial score (nSPS) is 22.8. The third-order valence-electron chi connectivity index (χ3n) is 4.84. The summed E-state index contributed by atoms with van der Waals surface area (Å²) >= 11 is 0. The first kappa shape index (κ1) is 13.3. The van der Waals surface area contributed by atoms with Crippen molar-refractivity contribution in [2.24, 2.45) is 0 Å². The summed E-state index contributed by atoms with van der Waals surface area (Å²) in [6.45, 7) is 0. The first-order valence-electron chi connectivity index (χ1n) is 7.83. The second-order valence-electron chi connectivity index (χ2n) is 6.10. The van der Waals surface area contributed by atoms with Crippen molar-refractivity contribution in [3.8, 4) is 11.3 Å². The Labute approximate surface area is 127 Å². The summed E-state index contributed by atoms with van der Waals surface area (Å²) in [5, 5.41) is 0.401. The molecule has 2 aliphatic rings. The standard InChI is InChI=1S/C17H20N2OS/c20-21(13-6-2-1-3-7-13)11-17-15-9-5-4-8-14(15)16-10-18-12-19(16)17/h4-5,8-10,12-13,17H,1-3,6-7,11H2/t17-,21?/m0/s1. The van der Waals surface area contributed by atoms with E-state index in [1.54, 1.807) is 0 Å². The van der Waals surface area contributed by atoms with Gasteiger partial charge in [0.2, 0.25) is 0 Å². The predicted octanol–water partition coefficient (Wildman–Crippen LogP) is 3.53. The average Bonchev–Trinajstić information content (AvgIpc) is 3.11. The Kier molecular flexibility index (Phi) is 3.42. The van der Waals surface area contributed by atoms with Crippen molar-refractivity contribution in [1.29, 1.82) is 0 Å². The van der Waals surface area contributed by atoms with E-state index in [9.17, 15) is 4.21 Å². The molecule has 3 nitrogen and oxygen atoms in total. The highest BCUT2D eigenvalue weighted by atomic mass is 32.2. The highest BCUT2D eigenvalue weighted by Gasteiger charge is 2.31. The van der Waals surface area contributed by atoms with Gasteiger partial charge in [0.25, 0.3) is 0 Å². The van der Waals surface area contributed by atoms with Gasteiger partial charge in [-0.1, -0.05) is 43.5 Å². The monoisotopic (exact) mass is 300 g/mol. The Bertz CT molecular complexity index is 673. The highest BCUT2D eigenvalue weighted by Crippen LogP contribution is 2.40. The largest absolute Gasteiger partial charge is 0.322 e. The summed E-state index contributed by atoms with van der Waals surface area (Å²) in [6, 6.07) is 8.66. The molecule has 1 aliphatic carbocycles. The first-order chi connectivity index (χ1) is 10.3. The molecule has 21 heavy (non-hydrogen) atoms. The summed E-state index contributed by atoms with van der Waals surface area (Å²) < 4.78 is 15.0. The number of fused-ring (bicyclic) bond motifs is 3. The topological polar surface area (TPSA) is 34.9 Å². The lowest BCUT2D eigenvalue weighted by Crippen LogP contribution is -2.25.